The summed E-state index contributed by atoms with van der Waals surface area (Å²) in [5.41, 5.74) is 5.02. The van der Waals surface area contributed by atoms with Crippen LogP contribution in [0.2, 0.25) is 0 Å². The smallest absolute Gasteiger partial charge is 0.0260 e. The molecule has 0 rings (SSSR count). The fourth-order valence-corrected chi connectivity index (χ4v) is 0.296. The minimum absolute atomic E-state index is 0.740. The van der Waals surface area contributed by atoms with Gasteiger partial charge in [0, 0.05) is 25.4 Å². The average molecular weight is 110 g/mol. The van der Waals surface area contributed by atoms with Crippen molar-refractivity contribution in [2.75, 3.05) is 6.54 Å². The zero-order valence-corrected chi connectivity index (χ0v) is 4.72. The predicted molar refractivity (Wildman–Crippen MR) is 34.8 cm³/mol. The molecule has 0 aromatic rings. The van der Waals surface area contributed by atoms with Crippen LogP contribution in [0.1, 0.15) is 6.42 Å². The van der Waals surface area contributed by atoms with Crippen molar-refractivity contribution in [2.45, 2.75) is 6.42 Å². The number of terminal acetylenes is 1. The highest BCUT2D eigenvalue weighted by Gasteiger charge is 1.71. The molecule has 0 radical (unpaired) electrons. The molecule has 0 atom stereocenters. The lowest BCUT2D eigenvalue weighted by Gasteiger charge is -1.90. The zero-order valence-electron chi connectivity index (χ0n) is 4.72. The van der Waals surface area contributed by atoms with Gasteiger partial charge in [0.15, 0.2) is 0 Å². The lowest BCUT2D eigenvalue weighted by atomic mass is 10.4. The van der Waals surface area contributed by atoms with E-state index in [0.717, 1.165) is 13.0 Å². The molecule has 2 nitrogen and oxygen atoms in total. The molecule has 0 bridgehead atoms. The molecule has 8 heavy (non-hydrogen) atoms. The fraction of sp³-hybridized carbons (Fsp3) is 0.333. The van der Waals surface area contributed by atoms with Gasteiger partial charge in [0.25, 0.3) is 0 Å². The summed E-state index contributed by atoms with van der Waals surface area (Å²) >= 11 is 0. The van der Waals surface area contributed by atoms with Crippen LogP contribution in [0.15, 0.2) is 12.4 Å². The number of rotatable bonds is 3. The van der Waals surface area contributed by atoms with Crippen LogP contribution in [0.25, 0.3) is 0 Å². The van der Waals surface area contributed by atoms with Crippen LogP contribution in [-0.2, 0) is 0 Å². The molecule has 2 heteroatoms. The molecular weight excluding hydrogens is 100 g/mol. The summed E-state index contributed by atoms with van der Waals surface area (Å²) in [4.78, 5) is 0. The molecule has 0 aliphatic heterocycles. The van der Waals surface area contributed by atoms with E-state index in [0.29, 0.717) is 0 Å². The maximum Gasteiger partial charge on any atom is 0.0260 e. The van der Waals surface area contributed by atoms with Crippen LogP contribution in [0.5, 0.6) is 0 Å². The van der Waals surface area contributed by atoms with E-state index in [9.17, 15) is 0 Å². The van der Waals surface area contributed by atoms with Crippen molar-refractivity contribution in [3.8, 4) is 12.3 Å². The molecule has 0 heterocycles. The average Bonchev–Trinajstić information content (AvgIpc) is 1.81. The molecule has 0 unspecified atom stereocenters. The summed E-state index contributed by atoms with van der Waals surface area (Å²) in [7, 11) is 0. The van der Waals surface area contributed by atoms with Gasteiger partial charge in [-0.15, -0.1) is 12.3 Å². The second-order valence-electron chi connectivity index (χ2n) is 1.27. The number of nitrogens with two attached hydrogens (primary N) is 1. The Morgan fingerprint density at radius 2 is 2.50 bits per heavy atom. The first-order chi connectivity index (χ1) is 3.91. The molecule has 0 aromatic carbocycles. The molecule has 0 amide bonds. The quantitative estimate of drug-likeness (QED) is 0.397. The normalized spacial score (nSPS) is 8.88. The Balaban J connectivity index is 2.85. The lowest BCUT2D eigenvalue weighted by Crippen LogP contribution is -2.06. The molecule has 44 valence electrons. The van der Waals surface area contributed by atoms with E-state index in [1.165, 1.54) is 6.20 Å². The monoisotopic (exact) mass is 110 g/mol. The van der Waals surface area contributed by atoms with Crippen molar-refractivity contribution in [1.82, 2.24) is 5.32 Å². The van der Waals surface area contributed by atoms with Gasteiger partial charge in [0.2, 0.25) is 0 Å². The summed E-state index contributed by atoms with van der Waals surface area (Å²) in [6, 6.07) is 0. The summed E-state index contributed by atoms with van der Waals surface area (Å²) in [5.74, 6) is 2.49. The highest BCUT2D eigenvalue weighted by atomic mass is 14.8. The minimum Gasteiger partial charge on any atom is -0.403 e. The van der Waals surface area contributed by atoms with Crippen molar-refractivity contribution in [2.24, 2.45) is 5.73 Å². The van der Waals surface area contributed by atoms with Gasteiger partial charge in [-0.1, -0.05) is 0 Å². The van der Waals surface area contributed by atoms with Gasteiger partial charge >= 0.3 is 0 Å². The summed E-state index contributed by atoms with van der Waals surface area (Å²) in [6.07, 6.45) is 8.81. The van der Waals surface area contributed by atoms with Crippen LogP contribution in [-0.4, -0.2) is 6.54 Å². The van der Waals surface area contributed by atoms with Gasteiger partial charge in [0.1, 0.15) is 0 Å². The molecule has 0 saturated carbocycles. The van der Waals surface area contributed by atoms with Crippen molar-refractivity contribution < 1.29 is 0 Å². The number of hydrogen-bond acceptors (Lipinski definition) is 2. The van der Waals surface area contributed by atoms with Gasteiger partial charge in [-0.05, 0) is 0 Å². The summed E-state index contributed by atoms with van der Waals surface area (Å²) in [5, 5.41) is 2.89. The largest absolute Gasteiger partial charge is 0.403 e. The number of hydrogen-bond donors (Lipinski definition) is 2. The van der Waals surface area contributed by atoms with Crippen molar-refractivity contribution in [3.63, 3.8) is 0 Å². The Bertz CT molecular complexity index is 99.6. The van der Waals surface area contributed by atoms with Crippen LogP contribution in [0.4, 0.5) is 0 Å². The lowest BCUT2D eigenvalue weighted by molar-refractivity contribution is 0.863. The van der Waals surface area contributed by atoms with E-state index >= 15 is 0 Å². The second kappa shape index (κ2) is 5.90. The third kappa shape index (κ3) is 4.90. The summed E-state index contributed by atoms with van der Waals surface area (Å²) in [6.45, 7) is 0.796. The first kappa shape index (κ1) is 6.90. The molecule has 3 N–H and O–H groups in total. The Labute approximate surface area is 49.8 Å². The number of nitrogens with one attached hydrogen (secondary N) is 1. The van der Waals surface area contributed by atoms with Crippen LogP contribution < -0.4 is 11.1 Å². The standard InChI is InChI=1S/C6H10N2/c1-2-3-5-8-6-4-7/h1,4,6,8H,3,5,7H2/b6-4-. The Hall–Kier alpha value is -1.10. The molecule has 0 aromatic heterocycles. The summed E-state index contributed by atoms with van der Waals surface area (Å²) < 4.78 is 0. The first-order valence-corrected chi connectivity index (χ1v) is 2.45. The minimum atomic E-state index is 0.740. The predicted octanol–water partition coefficient (Wildman–Crippen LogP) is 0.0292. The van der Waals surface area contributed by atoms with Gasteiger partial charge < -0.3 is 11.1 Å². The first-order valence-electron chi connectivity index (χ1n) is 2.45. The molecule has 0 aliphatic carbocycles. The van der Waals surface area contributed by atoms with Crippen LogP contribution in [0, 0.1) is 12.3 Å². The van der Waals surface area contributed by atoms with E-state index in [1.54, 1.807) is 6.20 Å². The second-order valence-corrected chi connectivity index (χ2v) is 1.27. The third-order valence-corrected chi connectivity index (χ3v) is 0.628. The fourth-order valence-electron chi connectivity index (χ4n) is 0.296. The molecule has 0 aliphatic rings. The highest BCUT2D eigenvalue weighted by molar-refractivity contribution is 4.85. The Kier molecular flexibility index (Phi) is 5.09. The maximum absolute atomic E-state index is 5.02. The highest BCUT2D eigenvalue weighted by Crippen LogP contribution is 1.67. The Morgan fingerprint density at radius 1 is 1.75 bits per heavy atom. The van der Waals surface area contributed by atoms with Crippen LogP contribution in [0.3, 0.4) is 0 Å². The zero-order chi connectivity index (χ0) is 6.24. The van der Waals surface area contributed by atoms with E-state index in [4.69, 9.17) is 12.2 Å². The topological polar surface area (TPSA) is 38.0 Å². The Morgan fingerprint density at radius 3 is 3.00 bits per heavy atom. The van der Waals surface area contributed by atoms with Gasteiger partial charge in [-0.3, -0.25) is 0 Å². The SMILES string of the molecule is C#CCCN/C=C\N. The van der Waals surface area contributed by atoms with Gasteiger partial charge in [0.05, 0.1) is 0 Å². The molecule has 0 fully saturated rings. The third-order valence-electron chi connectivity index (χ3n) is 0.628. The van der Waals surface area contributed by atoms with Crippen molar-refractivity contribution in [3.05, 3.63) is 12.4 Å². The maximum atomic E-state index is 5.02. The van der Waals surface area contributed by atoms with E-state index < -0.39 is 0 Å². The van der Waals surface area contributed by atoms with Crippen molar-refractivity contribution >= 4 is 0 Å². The van der Waals surface area contributed by atoms with Crippen molar-refractivity contribution in [1.29, 1.82) is 0 Å². The van der Waals surface area contributed by atoms with Gasteiger partial charge in [-0.2, -0.15) is 0 Å². The molecule has 0 spiro atoms. The molecular formula is C6H10N2. The molecule has 0 saturated heterocycles. The van der Waals surface area contributed by atoms with E-state index in [-0.39, 0.29) is 0 Å². The van der Waals surface area contributed by atoms with Crippen LogP contribution >= 0.6 is 0 Å². The van der Waals surface area contributed by atoms with E-state index in [2.05, 4.69) is 11.2 Å². The van der Waals surface area contributed by atoms with E-state index in [1.807, 2.05) is 0 Å². The van der Waals surface area contributed by atoms with Gasteiger partial charge in [-0.25, -0.2) is 0 Å².